The number of amides is 1. The van der Waals surface area contributed by atoms with Gasteiger partial charge in [-0.25, -0.2) is 4.79 Å². The first-order chi connectivity index (χ1) is 10.6. The zero-order valence-corrected chi connectivity index (χ0v) is 13.3. The topological polar surface area (TPSA) is 66.4 Å². The van der Waals surface area contributed by atoms with Crippen LogP contribution < -0.4 is 5.32 Å². The highest BCUT2D eigenvalue weighted by Crippen LogP contribution is 2.35. The number of rotatable bonds is 7. The minimum absolute atomic E-state index is 0.127. The smallest absolute Gasteiger partial charge is 0.339 e. The number of unbranched alkanes of at least 4 members (excludes halogenated alkanes) is 2. The van der Waals surface area contributed by atoms with Crippen molar-refractivity contribution in [2.45, 2.75) is 32.6 Å². The number of carbonyl (C=O) groups is 2. The van der Waals surface area contributed by atoms with Crippen LogP contribution >= 0.6 is 11.3 Å². The van der Waals surface area contributed by atoms with Crippen LogP contribution in [0.4, 0.5) is 5.00 Å². The molecule has 0 unspecified atom stereocenters. The Morgan fingerprint density at radius 3 is 2.55 bits per heavy atom. The quantitative estimate of drug-likeness (QED) is 0.732. The van der Waals surface area contributed by atoms with Crippen molar-refractivity contribution in [1.82, 2.24) is 0 Å². The summed E-state index contributed by atoms with van der Waals surface area (Å²) in [4.78, 5) is 23.5. The standard InChI is InChI=1S/C17H19NO3S/c1-2-3-5-10-14(19)18-16-15(17(20)21)13(11-22-16)12-8-6-4-7-9-12/h4,6-9,11H,2-3,5,10H2,1H3,(H,18,19)(H,20,21). The molecule has 0 spiro atoms. The lowest BCUT2D eigenvalue weighted by atomic mass is 10.0. The van der Waals surface area contributed by atoms with E-state index in [-0.39, 0.29) is 11.5 Å². The Kier molecular flexibility index (Phi) is 5.72. The summed E-state index contributed by atoms with van der Waals surface area (Å²) in [6, 6.07) is 9.33. The Morgan fingerprint density at radius 1 is 1.18 bits per heavy atom. The molecular formula is C17H19NO3S. The molecule has 0 bridgehead atoms. The Balaban J connectivity index is 2.21. The van der Waals surface area contributed by atoms with E-state index >= 15 is 0 Å². The molecule has 1 amide bonds. The molecule has 0 aliphatic heterocycles. The zero-order valence-electron chi connectivity index (χ0n) is 12.5. The molecule has 0 aliphatic carbocycles. The van der Waals surface area contributed by atoms with Crippen LogP contribution in [0.5, 0.6) is 0 Å². The molecule has 0 fully saturated rings. The number of benzene rings is 1. The Hall–Kier alpha value is -2.14. The van der Waals surface area contributed by atoms with Crippen molar-refractivity contribution in [3.05, 3.63) is 41.3 Å². The van der Waals surface area contributed by atoms with Gasteiger partial charge in [0.25, 0.3) is 0 Å². The van der Waals surface area contributed by atoms with Crippen molar-refractivity contribution < 1.29 is 14.7 Å². The van der Waals surface area contributed by atoms with Crippen LogP contribution in [0, 0.1) is 0 Å². The third-order valence-corrected chi connectivity index (χ3v) is 4.25. The highest BCUT2D eigenvalue weighted by atomic mass is 32.1. The summed E-state index contributed by atoms with van der Waals surface area (Å²) in [6.45, 7) is 2.08. The van der Waals surface area contributed by atoms with E-state index in [0.717, 1.165) is 24.8 Å². The van der Waals surface area contributed by atoms with Crippen LogP contribution in [0.2, 0.25) is 0 Å². The van der Waals surface area contributed by atoms with Crippen molar-refractivity contribution in [1.29, 1.82) is 0 Å². The van der Waals surface area contributed by atoms with Crippen molar-refractivity contribution in [3.8, 4) is 11.1 Å². The molecular weight excluding hydrogens is 298 g/mol. The lowest BCUT2D eigenvalue weighted by Crippen LogP contribution is -2.12. The number of carboxylic acid groups (broad SMARTS) is 1. The average Bonchev–Trinajstić information content (AvgIpc) is 2.92. The molecule has 0 aliphatic rings. The summed E-state index contributed by atoms with van der Waals surface area (Å²) in [5, 5.41) is 14.4. The Morgan fingerprint density at radius 2 is 1.91 bits per heavy atom. The highest BCUT2D eigenvalue weighted by Gasteiger charge is 2.20. The van der Waals surface area contributed by atoms with E-state index in [1.807, 2.05) is 30.3 Å². The van der Waals surface area contributed by atoms with Crippen LogP contribution in [0.25, 0.3) is 11.1 Å². The molecule has 4 nitrogen and oxygen atoms in total. The number of anilines is 1. The van der Waals surface area contributed by atoms with Gasteiger partial charge in [0.2, 0.25) is 5.91 Å². The van der Waals surface area contributed by atoms with E-state index in [0.29, 0.717) is 17.0 Å². The lowest BCUT2D eigenvalue weighted by molar-refractivity contribution is -0.116. The van der Waals surface area contributed by atoms with Crippen molar-refractivity contribution >= 4 is 28.2 Å². The van der Waals surface area contributed by atoms with Crippen LogP contribution in [0.3, 0.4) is 0 Å². The summed E-state index contributed by atoms with van der Waals surface area (Å²) in [5.41, 5.74) is 1.64. The minimum atomic E-state index is -1.02. The minimum Gasteiger partial charge on any atom is -0.478 e. The number of hydrogen-bond acceptors (Lipinski definition) is 3. The fraction of sp³-hybridized carbons (Fsp3) is 0.294. The van der Waals surface area contributed by atoms with Gasteiger partial charge in [-0.3, -0.25) is 4.79 Å². The van der Waals surface area contributed by atoms with Crippen molar-refractivity contribution in [3.63, 3.8) is 0 Å². The summed E-state index contributed by atoms with van der Waals surface area (Å²) >= 11 is 1.25. The maximum absolute atomic E-state index is 11.9. The predicted octanol–water partition coefficient (Wildman–Crippen LogP) is 4.63. The highest BCUT2D eigenvalue weighted by molar-refractivity contribution is 7.15. The van der Waals surface area contributed by atoms with Gasteiger partial charge in [0.15, 0.2) is 0 Å². The van der Waals surface area contributed by atoms with Crippen LogP contribution in [0.15, 0.2) is 35.7 Å². The molecule has 2 N–H and O–H groups in total. The largest absolute Gasteiger partial charge is 0.478 e. The molecule has 0 saturated carbocycles. The zero-order chi connectivity index (χ0) is 15.9. The molecule has 1 heterocycles. The van der Waals surface area contributed by atoms with Gasteiger partial charge in [0.1, 0.15) is 10.6 Å². The van der Waals surface area contributed by atoms with Gasteiger partial charge < -0.3 is 10.4 Å². The van der Waals surface area contributed by atoms with Gasteiger partial charge in [0.05, 0.1) is 0 Å². The number of aromatic carboxylic acids is 1. The average molecular weight is 317 g/mol. The van der Waals surface area contributed by atoms with E-state index in [9.17, 15) is 14.7 Å². The number of carboxylic acids is 1. The lowest BCUT2D eigenvalue weighted by Gasteiger charge is -2.06. The third-order valence-electron chi connectivity index (χ3n) is 3.35. The van der Waals surface area contributed by atoms with E-state index in [2.05, 4.69) is 12.2 Å². The number of carbonyl (C=O) groups excluding carboxylic acids is 1. The molecule has 2 aromatic rings. The van der Waals surface area contributed by atoms with Crippen LogP contribution in [0.1, 0.15) is 43.0 Å². The normalized spacial score (nSPS) is 10.4. The molecule has 2 rings (SSSR count). The van der Waals surface area contributed by atoms with E-state index in [4.69, 9.17) is 0 Å². The first-order valence-electron chi connectivity index (χ1n) is 7.33. The number of hydrogen-bond donors (Lipinski definition) is 2. The fourth-order valence-corrected chi connectivity index (χ4v) is 3.19. The Bertz CT molecular complexity index is 649. The molecule has 0 atom stereocenters. The molecule has 5 heteroatoms. The fourth-order valence-electron chi connectivity index (χ4n) is 2.22. The van der Waals surface area contributed by atoms with Gasteiger partial charge in [-0.15, -0.1) is 11.3 Å². The van der Waals surface area contributed by atoms with Gasteiger partial charge in [0, 0.05) is 17.4 Å². The maximum atomic E-state index is 11.9. The molecule has 0 radical (unpaired) electrons. The summed E-state index contributed by atoms with van der Waals surface area (Å²) in [7, 11) is 0. The molecule has 1 aromatic heterocycles. The number of thiophene rings is 1. The van der Waals surface area contributed by atoms with Gasteiger partial charge in [-0.1, -0.05) is 50.1 Å². The number of nitrogens with one attached hydrogen (secondary N) is 1. The van der Waals surface area contributed by atoms with Gasteiger partial charge in [-0.2, -0.15) is 0 Å². The van der Waals surface area contributed by atoms with Crippen molar-refractivity contribution in [2.24, 2.45) is 0 Å². The van der Waals surface area contributed by atoms with Crippen LogP contribution in [-0.4, -0.2) is 17.0 Å². The summed E-state index contributed by atoms with van der Waals surface area (Å²) in [5.74, 6) is -1.15. The second kappa shape index (κ2) is 7.75. The van der Waals surface area contributed by atoms with Gasteiger partial charge in [-0.05, 0) is 12.0 Å². The second-order valence-corrected chi connectivity index (χ2v) is 5.91. The van der Waals surface area contributed by atoms with Crippen LogP contribution in [-0.2, 0) is 4.79 Å². The molecule has 0 saturated heterocycles. The summed E-state index contributed by atoms with van der Waals surface area (Å²) < 4.78 is 0. The van der Waals surface area contributed by atoms with E-state index in [1.54, 1.807) is 5.38 Å². The monoisotopic (exact) mass is 317 g/mol. The maximum Gasteiger partial charge on any atom is 0.339 e. The molecule has 1 aromatic carbocycles. The first kappa shape index (κ1) is 16.2. The second-order valence-electron chi connectivity index (χ2n) is 5.03. The van der Waals surface area contributed by atoms with Crippen molar-refractivity contribution in [2.75, 3.05) is 5.32 Å². The first-order valence-corrected chi connectivity index (χ1v) is 8.21. The molecule has 116 valence electrons. The van der Waals surface area contributed by atoms with E-state index in [1.165, 1.54) is 11.3 Å². The Labute approximate surface area is 133 Å². The third kappa shape index (κ3) is 3.95. The van der Waals surface area contributed by atoms with Gasteiger partial charge >= 0.3 is 5.97 Å². The molecule has 22 heavy (non-hydrogen) atoms. The van der Waals surface area contributed by atoms with E-state index < -0.39 is 5.97 Å². The predicted molar refractivity (Wildman–Crippen MR) is 89.5 cm³/mol. The summed E-state index contributed by atoms with van der Waals surface area (Å²) in [6.07, 6.45) is 3.29. The SMILES string of the molecule is CCCCCC(=O)Nc1scc(-c2ccccc2)c1C(=O)O.